The molecule has 4 heteroatoms. The molecule has 86 valence electrons. The minimum atomic E-state index is -0.121. The molecule has 0 saturated carbocycles. The molecule has 3 nitrogen and oxygen atoms in total. The van der Waals surface area contributed by atoms with E-state index in [-0.39, 0.29) is 5.91 Å². The molecular weight excluding hydrogens is 232 g/mol. The summed E-state index contributed by atoms with van der Waals surface area (Å²) in [5, 5.41) is 5.19. The quantitative estimate of drug-likeness (QED) is 0.842. The van der Waals surface area contributed by atoms with Gasteiger partial charge in [-0.2, -0.15) is 0 Å². The maximum Gasteiger partial charge on any atom is 0.253 e. The Bertz CT molecular complexity index is 518. The molecule has 2 aromatic rings. The molecule has 1 aromatic carbocycles. The summed E-state index contributed by atoms with van der Waals surface area (Å²) in [6.07, 6.45) is 3.51. The number of aromatic nitrogens is 1. The number of carbonyl (C=O) groups excluding carboxylic acids is 1. The van der Waals surface area contributed by atoms with E-state index in [9.17, 15) is 4.79 Å². The van der Waals surface area contributed by atoms with Crippen LogP contribution in [0.4, 0.5) is 5.13 Å². The number of nitrogens with zero attached hydrogens (tertiary/aromatic N) is 1. The average molecular weight is 244 g/mol. The molecular formula is C13H12N2OS. The van der Waals surface area contributed by atoms with Crippen molar-refractivity contribution in [2.24, 2.45) is 0 Å². The lowest BCUT2D eigenvalue weighted by Gasteiger charge is -2.01. The second-order valence-electron chi connectivity index (χ2n) is 3.53. The number of hydrogen-bond acceptors (Lipinski definition) is 3. The van der Waals surface area contributed by atoms with Gasteiger partial charge in [0.2, 0.25) is 0 Å². The Labute approximate surface area is 104 Å². The summed E-state index contributed by atoms with van der Waals surface area (Å²) in [5.41, 5.74) is 1.67. The molecule has 0 unspecified atom stereocenters. The summed E-state index contributed by atoms with van der Waals surface area (Å²) >= 11 is 1.40. The van der Waals surface area contributed by atoms with Crippen LogP contribution in [0, 0.1) is 0 Å². The van der Waals surface area contributed by atoms with Gasteiger partial charge in [0.1, 0.15) is 0 Å². The third-order valence-electron chi connectivity index (χ3n) is 2.19. The Morgan fingerprint density at radius 3 is 2.76 bits per heavy atom. The molecule has 0 aliphatic rings. The first-order valence-electron chi connectivity index (χ1n) is 5.20. The number of carbonyl (C=O) groups is 1. The largest absolute Gasteiger partial charge is 0.298 e. The number of benzene rings is 1. The van der Waals surface area contributed by atoms with Gasteiger partial charge in [0.05, 0.1) is 0 Å². The molecule has 0 spiro atoms. The molecule has 0 bridgehead atoms. The zero-order valence-corrected chi connectivity index (χ0v) is 10.2. The Morgan fingerprint density at radius 2 is 2.12 bits per heavy atom. The van der Waals surface area contributed by atoms with E-state index in [1.165, 1.54) is 11.3 Å². The lowest BCUT2D eigenvalue weighted by atomic mass is 10.1. The molecule has 1 aromatic heterocycles. The van der Waals surface area contributed by atoms with Gasteiger partial charge in [-0.05, 0) is 18.6 Å². The highest BCUT2D eigenvalue weighted by Gasteiger charge is 2.05. The van der Waals surface area contributed by atoms with Gasteiger partial charge in [0.15, 0.2) is 5.13 Å². The van der Waals surface area contributed by atoms with Crippen molar-refractivity contribution >= 4 is 28.5 Å². The predicted molar refractivity (Wildman–Crippen MR) is 70.8 cm³/mol. The van der Waals surface area contributed by atoms with Crippen molar-refractivity contribution in [2.45, 2.75) is 6.92 Å². The Kier molecular flexibility index (Phi) is 3.67. The smallest absolute Gasteiger partial charge is 0.253 e. The Balaban J connectivity index is 2.07. The number of anilines is 1. The maximum absolute atomic E-state index is 11.8. The van der Waals surface area contributed by atoms with E-state index in [1.54, 1.807) is 13.1 Å². The summed E-state index contributed by atoms with van der Waals surface area (Å²) in [6.45, 7) is 1.79. The van der Waals surface area contributed by atoms with Crippen LogP contribution in [0.5, 0.6) is 0 Å². The molecule has 0 saturated heterocycles. The maximum atomic E-state index is 11.8. The average Bonchev–Trinajstić information content (AvgIpc) is 2.83. The Morgan fingerprint density at radius 1 is 1.35 bits per heavy atom. The van der Waals surface area contributed by atoms with Crippen LogP contribution in [-0.2, 0) is 4.79 Å². The van der Waals surface area contributed by atoms with Gasteiger partial charge in [-0.15, -0.1) is 11.3 Å². The summed E-state index contributed by atoms with van der Waals surface area (Å²) in [7, 11) is 0. The first kappa shape index (κ1) is 11.5. The lowest BCUT2D eigenvalue weighted by Crippen LogP contribution is -2.12. The number of thiazole rings is 1. The van der Waals surface area contributed by atoms with Gasteiger partial charge in [-0.25, -0.2) is 4.98 Å². The van der Waals surface area contributed by atoms with Crippen molar-refractivity contribution in [3.8, 4) is 0 Å². The Hall–Kier alpha value is -1.94. The first-order valence-corrected chi connectivity index (χ1v) is 6.08. The van der Waals surface area contributed by atoms with Gasteiger partial charge in [-0.1, -0.05) is 30.3 Å². The van der Waals surface area contributed by atoms with Crippen molar-refractivity contribution in [2.75, 3.05) is 5.32 Å². The lowest BCUT2D eigenvalue weighted by molar-refractivity contribution is -0.112. The summed E-state index contributed by atoms with van der Waals surface area (Å²) in [4.78, 5) is 15.8. The van der Waals surface area contributed by atoms with Crippen LogP contribution >= 0.6 is 11.3 Å². The van der Waals surface area contributed by atoms with Crippen molar-refractivity contribution in [1.82, 2.24) is 4.98 Å². The highest BCUT2D eigenvalue weighted by molar-refractivity contribution is 7.13. The summed E-state index contributed by atoms with van der Waals surface area (Å²) in [5.74, 6) is -0.121. The van der Waals surface area contributed by atoms with E-state index in [2.05, 4.69) is 10.3 Å². The van der Waals surface area contributed by atoms with Crippen molar-refractivity contribution in [3.63, 3.8) is 0 Å². The van der Waals surface area contributed by atoms with E-state index in [0.29, 0.717) is 10.7 Å². The zero-order valence-electron chi connectivity index (χ0n) is 9.38. The SMILES string of the molecule is C/C(=C\c1ccccc1)C(=O)Nc1nccs1. The standard InChI is InChI=1S/C13H12N2OS/c1-10(9-11-5-3-2-4-6-11)12(16)15-13-14-7-8-17-13/h2-9H,1H3,(H,14,15,16)/b10-9+. The number of nitrogens with one attached hydrogen (secondary N) is 1. The van der Waals surface area contributed by atoms with Crippen LogP contribution in [0.25, 0.3) is 6.08 Å². The fourth-order valence-corrected chi connectivity index (χ4v) is 1.87. The second-order valence-corrected chi connectivity index (χ2v) is 4.42. The normalized spacial score (nSPS) is 11.2. The summed E-state index contributed by atoms with van der Waals surface area (Å²) in [6, 6.07) is 9.75. The molecule has 0 radical (unpaired) electrons. The third-order valence-corrected chi connectivity index (χ3v) is 2.88. The number of rotatable bonds is 3. The van der Waals surface area contributed by atoms with Crippen LogP contribution in [0.2, 0.25) is 0 Å². The van der Waals surface area contributed by atoms with Crippen molar-refractivity contribution in [3.05, 3.63) is 53.0 Å². The second kappa shape index (κ2) is 5.41. The molecule has 17 heavy (non-hydrogen) atoms. The van der Waals surface area contributed by atoms with Crippen LogP contribution < -0.4 is 5.32 Å². The fourth-order valence-electron chi connectivity index (χ4n) is 1.35. The molecule has 2 rings (SSSR count). The monoisotopic (exact) mass is 244 g/mol. The van der Waals surface area contributed by atoms with Crippen LogP contribution in [0.15, 0.2) is 47.5 Å². The van der Waals surface area contributed by atoms with E-state index < -0.39 is 0 Å². The minimum Gasteiger partial charge on any atom is -0.298 e. The molecule has 0 atom stereocenters. The van der Waals surface area contributed by atoms with Crippen molar-refractivity contribution < 1.29 is 4.79 Å². The van der Waals surface area contributed by atoms with Gasteiger partial charge in [-0.3, -0.25) is 10.1 Å². The third kappa shape index (κ3) is 3.26. The van der Waals surface area contributed by atoms with Crippen molar-refractivity contribution in [1.29, 1.82) is 0 Å². The van der Waals surface area contributed by atoms with Gasteiger partial charge >= 0.3 is 0 Å². The summed E-state index contributed by atoms with van der Waals surface area (Å²) < 4.78 is 0. The molecule has 1 heterocycles. The highest BCUT2D eigenvalue weighted by atomic mass is 32.1. The number of amides is 1. The van der Waals surface area contributed by atoms with E-state index in [4.69, 9.17) is 0 Å². The van der Waals surface area contributed by atoms with Crippen LogP contribution in [0.1, 0.15) is 12.5 Å². The fraction of sp³-hybridized carbons (Fsp3) is 0.0769. The molecule has 1 N–H and O–H groups in total. The molecule has 0 fully saturated rings. The number of hydrogen-bond donors (Lipinski definition) is 1. The van der Waals surface area contributed by atoms with Gasteiger partial charge in [0, 0.05) is 17.2 Å². The highest BCUT2D eigenvalue weighted by Crippen LogP contribution is 2.13. The molecule has 0 aliphatic heterocycles. The topological polar surface area (TPSA) is 42.0 Å². The predicted octanol–water partition coefficient (Wildman–Crippen LogP) is 3.19. The van der Waals surface area contributed by atoms with Gasteiger partial charge in [0.25, 0.3) is 5.91 Å². The van der Waals surface area contributed by atoms with Crippen LogP contribution in [0.3, 0.4) is 0 Å². The van der Waals surface area contributed by atoms with E-state index in [0.717, 1.165) is 5.56 Å². The van der Waals surface area contributed by atoms with Gasteiger partial charge < -0.3 is 0 Å². The zero-order chi connectivity index (χ0) is 12.1. The van der Waals surface area contributed by atoms with Crippen LogP contribution in [-0.4, -0.2) is 10.9 Å². The first-order chi connectivity index (χ1) is 8.25. The minimum absolute atomic E-state index is 0.121. The molecule has 1 amide bonds. The molecule has 0 aliphatic carbocycles. The van der Waals surface area contributed by atoms with E-state index in [1.807, 2.05) is 41.8 Å². The van der Waals surface area contributed by atoms with E-state index >= 15 is 0 Å².